The molecule has 0 bridgehead atoms. The number of aromatic nitrogens is 4. The highest BCUT2D eigenvalue weighted by Gasteiger charge is 2.18. The van der Waals surface area contributed by atoms with Crippen molar-refractivity contribution in [1.82, 2.24) is 24.6 Å². The molecule has 0 aliphatic heterocycles. The van der Waals surface area contributed by atoms with Crippen molar-refractivity contribution in [2.75, 3.05) is 33.6 Å². The lowest BCUT2D eigenvalue weighted by Gasteiger charge is -2.19. The molecule has 3 aromatic carbocycles. The van der Waals surface area contributed by atoms with E-state index in [4.69, 9.17) is 14.5 Å². The van der Waals surface area contributed by atoms with Gasteiger partial charge in [-0.1, -0.05) is 81.1 Å². The third-order valence-corrected chi connectivity index (χ3v) is 8.27. The second-order valence-electron chi connectivity index (χ2n) is 11.4. The Morgan fingerprint density at radius 3 is 2.36 bits per heavy atom. The van der Waals surface area contributed by atoms with Gasteiger partial charge in [-0.25, -0.2) is 4.98 Å². The minimum atomic E-state index is 0.00338. The summed E-state index contributed by atoms with van der Waals surface area (Å²) >= 11 is 1.31. The van der Waals surface area contributed by atoms with Crippen molar-refractivity contribution in [3.05, 3.63) is 83.4 Å². The Morgan fingerprint density at radius 2 is 1.64 bits per heavy atom. The van der Waals surface area contributed by atoms with Crippen LogP contribution in [0.15, 0.2) is 71.9 Å². The van der Waals surface area contributed by atoms with Crippen LogP contribution in [0, 0.1) is 0 Å². The van der Waals surface area contributed by atoms with E-state index in [0.29, 0.717) is 36.2 Å². The van der Waals surface area contributed by atoms with Crippen LogP contribution in [-0.4, -0.2) is 64.1 Å². The van der Waals surface area contributed by atoms with E-state index in [2.05, 4.69) is 71.9 Å². The van der Waals surface area contributed by atoms with E-state index >= 15 is 0 Å². The Hall–Kier alpha value is -4.11. The van der Waals surface area contributed by atoms with Gasteiger partial charge in [-0.2, -0.15) is 0 Å². The third-order valence-electron chi connectivity index (χ3n) is 7.45. The predicted octanol–water partition coefficient (Wildman–Crippen LogP) is 6.14. The molecule has 5 rings (SSSR count). The summed E-state index contributed by atoms with van der Waals surface area (Å²) in [6, 6.07) is 22.8. The molecule has 0 fully saturated rings. The van der Waals surface area contributed by atoms with Gasteiger partial charge in [0.15, 0.2) is 17.1 Å². The summed E-state index contributed by atoms with van der Waals surface area (Å²) in [5.74, 6) is 1.59. The van der Waals surface area contributed by atoms with Gasteiger partial charge in [0.25, 0.3) is 0 Å². The van der Waals surface area contributed by atoms with Crippen molar-refractivity contribution in [3.8, 4) is 11.5 Å². The third kappa shape index (κ3) is 6.36. The zero-order chi connectivity index (χ0) is 29.9. The second-order valence-corrected chi connectivity index (χ2v) is 12.3. The first-order valence-corrected chi connectivity index (χ1v) is 14.9. The molecule has 0 N–H and O–H groups in total. The number of nitrogens with zero attached hydrogens (tertiary/aromatic N) is 5. The van der Waals surface area contributed by atoms with Crippen LogP contribution in [0.25, 0.3) is 22.1 Å². The molecular weight excluding hydrogens is 546 g/mol. The van der Waals surface area contributed by atoms with Gasteiger partial charge < -0.3 is 18.9 Å². The summed E-state index contributed by atoms with van der Waals surface area (Å²) in [6.45, 7) is 7.90. The topological polar surface area (TPSA) is 82.4 Å². The number of thioether (sulfide) groups is 1. The van der Waals surface area contributed by atoms with E-state index in [-0.39, 0.29) is 17.1 Å². The van der Waals surface area contributed by atoms with Crippen LogP contribution in [0.5, 0.6) is 11.5 Å². The van der Waals surface area contributed by atoms with Gasteiger partial charge in [0.1, 0.15) is 5.52 Å². The molecule has 2 aromatic heterocycles. The molecule has 0 spiro atoms. The molecule has 2 heterocycles. The fourth-order valence-electron chi connectivity index (χ4n) is 4.90. The van der Waals surface area contributed by atoms with E-state index in [0.717, 1.165) is 27.6 Å². The van der Waals surface area contributed by atoms with Gasteiger partial charge in [-0.15, -0.1) is 10.2 Å². The lowest BCUT2D eigenvalue weighted by atomic mass is 9.87. The minimum absolute atomic E-state index is 0.00338. The number of likely N-dealkylation sites (N-methyl/N-ethyl adjacent to an activating group) is 1. The fourth-order valence-corrected chi connectivity index (χ4v) is 5.62. The maximum Gasteiger partial charge on any atom is 0.232 e. The van der Waals surface area contributed by atoms with Crippen molar-refractivity contribution >= 4 is 39.7 Å². The highest BCUT2D eigenvalue weighted by atomic mass is 32.2. The number of methoxy groups -OCH3 is 2. The van der Waals surface area contributed by atoms with Crippen LogP contribution in [0.3, 0.4) is 0 Å². The van der Waals surface area contributed by atoms with Gasteiger partial charge in [0, 0.05) is 25.5 Å². The van der Waals surface area contributed by atoms with Crippen molar-refractivity contribution in [2.45, 2.75) is 44.3 Å². The summed E-state index contributed by atoms with van der Waals surface area (Å²) < 4.78 is 12.9. The number of hydrogen-bond donors (Lipinski definition) is 0. The highest BCUT2D eigenvalue weighted by Crippen LogP contribution is 2.30. The van der Waals surface area contributed by atoms with Crippen LogP contribution in [0.1, 0.15) is 37.5 Å². The SMILES string of the molecule is COc1ccc(CCN(C)C(=O)CSc2nnc3c4ccccc4n(Cc4ccc(C(C)(C)C)cc4)c3n2)cc1OC. The smallest absolute Gasteiger partial charge is 0.232 e. The highest BCUT2D eigenvalue weighted by molar-refractivity contribution is 7.99. The van der Waals surface area contributed by atoms with E-state index in [9.17, 15) is 4.79 Å². The molecule has 0 radical (unpaired) electrons. The van der Waals surface area contributed by atoms with Gasteiger partial charge in [0.05, 0.1) is 25.5 Å². The molecule has 0 saturated heterocycles. The molecule has 8 nitrogen and oxygen atoms in total. The van der Waals surface area contributed by atoms with Crippen LogP contribution in [0.4, 0.5) is 0 Å². The average Bonchev–Trinajstić information content (AvgIpc) is 3.30. The molecular formula is C33H37N5O3S. The fraction of sp³-hybridized carbons (Fsp3) is 0.333. The minimum Gasteiger partial charge on any atom is -0.493 e. The largest absolute Gasteiger partial charge is 0.493 e. The van der Waals surface area contributed by atoms with Crippen molar-refractivity contribution in [1.29, 1.82) is 0 Å². The van der Waals surface area contributed by atoms with E-state index in [1.165, 1.54) is 22.9 Å². The molecule has 0 aliphatic carbocycles. The summed E-state index contributed by atoms with van der Waals surface area (Å²) in [6.07, 6.45) is 0.702. The lowest BCUT2D eigenvalue weighted by Crippen LogP contribution is -2.30. The van der Waals surface area contributed by atoms with Crippen molar-refractivity contribution in [2.24, 2.45) is 0 Å². The standard InChI is InChI=1S/C33H37N5O3S/c1-33(2,3)24-14-11-23(12-15-24)20-38-26-10-8-7-9-25(26)30-31(38)34-32(36-35-30)42-21-29(39)37(4)18-17-22-13-16-27(40-5)28(19-22)41-6/h7-16,19H,17-18,20-21H2,1-6H3. The normalized spacial score (nSPS) is 11.7. The van der Waals surface area contributed by atoms with Gasteiger partial charge >= 0.3 is 0 Å². The molecule has 9 heteroatoms. The van der Waals surface area contributed by atoms with Gasteiger partial charge in [-0.05, 0) is 46.7 Å². The Balaban J connectivity index is 1.30. The predicted molar refractivity (Wildman–Crippen MR) is 169 cm³/mol. The molecule has 5 aromatic rings. The lowest BCUT2D eigenvalue weighted by molar-refractivity contribution is -0.127. The van der Waals surface area contributed by atoms with Crippen LogP contribution in [-0.2, 0) is 23.2 Å². The van der Waals surface area contributed by atoms with E-state index in [1.54, 1.807) is 19.1 Å². The number of rotatable bonds is 10. The number of amides is 1. The number of hydrogen-bond acceptors (Lipinski definition) is 7. The Kier molecular flexibility index (Phi) is 8.68. The van der Waals surface area contributed by atoms with E-state index in [1.807, 2.05) is 37.4 Å². The number of fused-ring (bicyclic) bond motifs is 3. The van der Waals surface area contributed by atoms with Gasteiger partial charge in [0.2, 0.25) is 11.1 Å². The zero-order valence-electron chi connectivity index (χ0n) is 25.0. The molecule has 1 amide bonds. The molecule has 0 saturated carbocycles. The summed E-state index contributed by atoms with van der Waals surface area (Å²) in [5, 5.41) is 10.4. The summed E-state index contributed by atoms with van der Waals surface area (Å²) in [7, 11) is 5.05. The molecule has 218 valence electrons. The maximum absolute atomic E-state index is 13.0. The second kappa shape index (κ2) is 12.4. The van der Waals surface area contributed by atoms with Crippen LogP contribution >= 0.6 is 11.8 Å². The molecule has 0 unspecified atom stereocenters. The first-order valence-electron chi connectivity index (χ1n) is 14.0. The van der Waals surface area contributed by atoms with Crippen LogP contribution in [0.2, 0.25) is 0 Å². The number of benzene rings is 3. The summed E-state index contributed by atoms with van der Waals surface area (Å²) in [5.41, 5.74) is 6.24. The zero-order valence-corrected chi connectivity index (χ0v) is 25.9. The number of carbonyl (C=O) groups excluding carboxylic acids is 1. The van der Waals surface area contributed by atoms with E-state index < -0.39 is 0 Å². The molecule has 0 aliphatic rings. The molecule has 0 atom stereocenters. The average molecular weight is 584 g/mol. The van der Waals surface area contributed by atoms with Crippen LogP contribution < -0.4 is 9.47 Å². The number of para-hydroxylation sites is 1. The first-order chi connectivity index (χ1) is 20.2. The monoisotopic (exact) mass is 583 g/mol. The van der Waals surface area contributed by atoms with Crippen molar-refractivity contribution < 1.29 is 14.3 Å². The first kappa shape index (κ1) is 29.4. The number of carbonyl (C=O) groups is 1. The van der Waals surface area contributed by atoms with Crippen molar-refractivity contribution in [3.63, 3.8) is 0 Å². The Labute approximate surface area is 251 Å². The number of ether oxygens (including phenoxy) is 2. The Morgan fingerprint density at radius 1 is 0.929 bits per heavy atom. The maximum atomic E-state index is 13.0. The Bertz CT molecular complexity index is 1710. The summed E-state index contributed by atoms with van der Waals surface area (Å²) in [4.78, 5) is 19.6. The van der Waals surface area contributed by atoms with Gasteiger partial charge in [-0.3, -0.25) is 4.79 Å². The molecule has 42 heavy (non-hydrogen) atoms. The quantitative estimate of drug-likeness (QED) is 0.183.